The Balaban J connectivity index is 1.15. The van der Waals surface area contributed by atoms with Crippen molar-refractivity contribution in [1.29, 1.82) is 0 Å². The van der Waals surface area contributed by atoms with Crippen molar-refractivity contribution >= 4 is 50.0 Å². The summed E-state index contributed by atoms with van der Waals surface area (Å²) in [6.07, 6.45) is 23.5. The van der Waals surface area contributed by atoms with Crippen LogP contribution in [0, 0.1) is 5.92 Å². The van der Waals surface area contributed by atoms with E-state index in [0.717, 1.165) is 25.7 Å². The normalized spacial score (nSPS) is 18.1. The van der Waals surface area contributed by atoms with Gasteiger partial charge in [0.1, 0.15) is 0 Å². The molecule has 0 amide bonds. The molecule has 0 saturated carbocycles. The van der Waals surface area contributed by atoms with Gasteiger partial charge >= 0.3 is 0 Å². The Hall–Kier alpha value is -6.76. The van der Waals surface area contributed by atoms with Crippen molar-refractivity contribution < 1.29 is 0 Å². The first-order chi connectivity index (χ1) is 28.8. The van der Waals surface area contributed by atoms with E-state index >= 15 is 0 Å². The molecule has 5 aliphatic carbocycles. The van der Waals surface area contributed by atoms with Crippen molar-refractivity contribution in [3.05, 3.63) is 209 Å². The van der Waals surface area contributed by atoms with Crippen molar-refractivity contribution in [3.63, 3.8) is 0 Å². The zero-order valence-electron chi connectivity index (χ0n) is 32.3. The summed E-state index contributed by atoms with van der Waals surface area (Å²) < 4.78 is 0. The average molecular weight is 737 g/mol. The molecule has 0 radical (unpaired) electrons. The molecule has 0 bridgehead atoms. The molecule has 13 rings (SSSR count). The molecule has 0 aliphatic heterocycles. The lowest BCUT2D eigenvalue weighted by molar-refractivity contribution is 0.615. The van der Waals surface area contributed by atoms with Crippen LogP contribution >= 0.6 is 0 Å². The Morgan fingerprint density at radius 2 is 1.16 bits per heavy atom. The maximum atomic E-state index is 2.52. The molecular weight excluding hydrogens is 697 g/mol. The van der Waals surface area contributed by atoms with E-state index < -0.39 is 0 Å². The molecule has 0 fully saturated rings. The molecular formula is C58H40. The molecule has 58 heavy (non-hydrogen) atoms. The van der Waals surface area contributed by atoms with Crippen molar-refractivity contribution in [1.82, 2.24) is 0 Å². The third-order valence-corrected chi connectivity index (χ3v) is 14.0. The quantitative estimate of drug-likeness (QED) is 0.125. The van der Waals surface area contributed by atoms with Crippen LogP contribution in [0.5, 0.6) is 0 Å². The van der Waals surface area contributed by atoms with Crippen LogP contribution in [0.2, 0.25) is 0 Å². The summed E-state index contributed by atoms with van der Waals surface area (Å²) in [6.45, 7) is 0. The second-order valence-electron chi connectivity index (χ2n) is 16.9. The maximum absolute atomic E-state index is 2.52. The highest BCUT2D eigenvalue weighted by Crippen LogP contribution is 2.54. The summed E-state index contributed by atoms with van der Waals surface area (Å²) >= 11 is 0. The molecule has 5 aliphatic rings. The predicted octanol–water partition coefficient (Wildman–Crippen LogP) is 15.3. The van der Waals surface area contributed by atoms with E-state index in [2.05, 4.69) is 182 Å². The van der Waals surface area contributed by atoms with Crippen molar-refractivity contribution in [3.8, 4) is 44.5 Å². The van der Waals surface area contributed by atoms with Gasteiger partial charge in [-0.15, -0.1) is 0 Å². The van der Waals surface area contributed by atoms with Gasteiger partial charge in [0.25, 0.3) is 0 Å². The van der Waals surface area contributed by atoms with E-state index in [1.165, 1.54) is 110 Å². The van der Waals surface area contributed by atoms with E-state index in [1.54, 1.807) is 11.1 Å². The highest BCUT2D eigenvalue weighted by molar-refractivity contribution is 6.25. The minimum atomic E-state index is 0.435. The summed E-state index contributed by atoms with van der Waals surface area (Å²) in [5.74, 6) is 0.874. The second kappa shape index (κ2) is 12.4. The lowest BCUT2D eigenvalue weighted by Gasteiger charge is -2.38. The van der Waals surface area contributed by atoms with Gasteiger partial charge in [-0.25, -0.2) is 0 Å². The van der Waals surface area contributed by atoms with Crippen LogP contribution in [-0.2, 0) is 12.8 Å². The molecule has 0 aromatic heterocycles. The molecule has 272 valence electrons. The highest BCUT2D eigenvalue weighted by Gasteiger charge is 2.35. The fraction of sp³-hybridized carbons (Fsp3) is 0.103. The van der Waals surface area contributed by atoms with Crippen LogP contribution in [0.15, 0.2) is 175 Å². The first-order valence-corrected chi connectivity index (χ1v) is 21.1. The topological polar surface area (TPSA) is 0 Å². The zero-order valence-corrected chi connectivity index (χ0v) is 32.3. The number of hydrogen-bond donors (Lipinski definition) is 0. The van der Waals surface area contributed by atoms with Gasteiger partial charge < -0.3 is 0 Å². The third kappa shape index (κ3) is 4.58. The Labute approximate surface area is 339 Å². The van der Waals surface area contributed by atoms with E-state index in [0.29, 0.717) is 11.8 Å². The van der Waals surface area contributed by atoms with Crippen LogP contribution in [-0.4, -0.2) is 0 Å². The smallest absolute Gasteiger partial charge is 0.0158 e. The van der Waals surface area contributed by atoms with Crippen molar-refractivity contribution in [2.45, 2.75) is 31.6 Å². The van der Waals surface area contributed by atoms with Gasteiger partial charge in [-0.2, -0.15) is 0 Å². The summed E-state index contributed by atoms with van der Waals surface area (Å²) in [6, 6.07) is 50.9. The molecule has 0 N–H and O–H groups in total. The van der Waals surface area contributed by atoms with Gasteiger partial charge in [-0.1, -0.05) is 182 Å². The average Bonchev–Trinajstić information content (AvgIpc) is 3.29. The zero-order chi connectivity index (χ0) is 37.9. The van der Waals surface area contributed by atoms with E-state index in [-0.39, 0.29) is 0 Å². The summed E-state index contributed by atoms with van der Waals surface area (Å²) in [5.41, 5.74) is 22.0. The summed E-state index contributed by atoms with van der Waals surface area (Å²) in [4.78, 5) is 0. The second-order valence-corrected chi connectivity index (χ2v) is 16.9. The minimum Gasteiger partial charge on any atom is -0.0838 e. The SMILES string of the molecule is C1=Cc2ccc3c(-c4c5ccccc5c(-c5ccc6c7c5C=CC5C=CCC(=CC6)C75)c5ccc(-c6ccccc6-c6ccccc6)cc45)ccc4c3c2C(=CC4)C1. The maximum Gasteiger partial charge on any atom is 0.0158 e. The highest BCUT2D eigenvalue weighted by atomic mass is 14.4. The number of fused-ring (bicyclic) bond motifs is 2. The molecule has 2 atom stereocenters. The van der Waals surface area contributed by atoms with E-state index in [9.17, 15) is 0 Å². The minimum absolute atomic E-state index is 0.435. The first kappa shape index (κ1) is 32.3. The lowest BCUT2D eigenvalue weighted by Crippen LogP contribution is -2.23. The Morgan fingerprint density at radius 1 is 0.431 bits per heavy atom. The van der Waals surface area contributed by atoms with Gasteiger partial charge in [-0.05, 0) is 148 Å². The van der Waals surface area contributed by atoms with E-state index in [1.807, 2.05) is 0 Å². The van der Waals surface area contributed by atoms with Crippen molar-refractivity contribution in [2.75, 3.05) is 0 Å². The Bertz CT molecular complexity index is 3270. The Kier molecular flexibility index (Phi) is 6.90. The summed E-state index contributed by atoms with van der Waals surface area (Å²) in [5, 5.41) is 8.03. The fourth-order valence-electron chi connectivity index (χ4n) is 11.5. The molecule has 2 unspecified atom stereocenters. The van der Waals surface area contributed by atoms with Gasteiger partial charge in [0, 0.05) is 11.8 Å². The van der Waals surface area contributed by atoms with Gasteiger partial charge in [0.2, 0.25) is 0 Å². The Morgan fingerprint density at radius 3 is 2.03 bits per heavy atom. The molecule has 0 nitrogen and oxygen atoms in total. The lowest BCUT2D eigenvalue weighted by atomic mass is 9.66. The summed E-state index contributed by atoms with van der Waals surface area (Å²) in [7, 11) is 0. The third-order valence-electron chi connectivity index (χ3n) is 14.0. The molecule has 0 saturated heterocycles. The van der Waals surface area contributed by atoms with Crippen molar-refractivity contribution in [2.24, 2.45) is 5.92 Å². The van der Waals surface area contributed by atoms with Gasteiger partial charge in [0.15, 0.2) is 0 Å². The van der Waals surface area contributed by atoms with Gasteiger partial charge in [0.05, 0.1) is 0 Å². The number of rotatable bonds is 4. The van der Waals surface area contributed by atoms with E-state index in [4.69, 9.17) is 0 Å². The fourth-order valence-corrected chi connectivity index (χ4v) is 11.5. The van der Waals surface area contributed by atoms with Crippen LogP contribution in [0.25, 0.3) is 94.6 Å². The standard InChI is InChI=1S/C58H40/c1-2-10-35(11-3-1)43-16-4-5-17-44(43)42-28-33-51-52(34-42)58(50-32-27-41-23-21-37-13-9-15-39-25-30-48(50)56(41)54(37)39)46-19-7-6-18-45(46)57(51)49-31-26-40-22-20-36-12-8-14-38-24-29-47(49)55(40)53(36)38/h1-11,14-21,24-34,38,53H,12-13,22-23H2. The van der Waals surface area contributed by atoms with Crippen LogP contribution in [0.1, 0.15) is 52.1 Å². The molecule has 0 heteroatoms. The number of hydrogen-bond acceptors (Lipinski definition) is 0. The number of benzene rings is 8. The largest absolute Gasteiger partial charge is 0.0838 e. The molecule has 8 aromatic carbocycles. The molecule has 0 spiro atoms. The molecule has 0 heterocycles. The van der Waals surface area contributed by atoms with Crippen LogP contribution in [0.3, 0.4) is 0 Å². The van der Waals surface area contributed by atoms with Crippen LogP contribution in [0.4, 0.5) is 0 Å². The first-order valence-electron chi connectivity index (χ1n) is 21.1. The monoisotopic (exact) mass is 736 g/mol. The van der Waals surface area contributed by atoms with Gasteiger partial charge in [-0.3, -0.25) is 0 Å². The molecule has 8 aromatic rings. The number of allylic oxidation sites excluding steroid dienone is 8. The predicted molar refractivity (Wildman–Crippen MR) is 247 cm³/mol. The van der Waals surface area contributed by atoms with Crippen LogP contribution < -0.4 is 0 Å².